The molecule has 2 nitrogen and oxygen atoms in total. The van der Waals surface area contributed by atoms with E-state index in [1.807, 2.05) is 27.7 Å². The average Bonchev–Trinajstić information content (AvgIpc) is 2.63. The molecule has 2 rings (SSSR count). The number of hydrogen-bond donors (Lipinski definition) is 0. The van der Waals surface area contributed by atoms with E-state index in [2.05, 4.69) is 0 Å². The van der Waals surface area contributed by atoms with Crippen molar-refractivity contribution < 1.29 is 16.2 Å². The Morgan fingerprint density at radius 2 is 1.87 bits per heavy atom. The highest BCUT2D eigenvalue weighted by atomic mass is 32.1. The second-order valence-corrected chi connectivity index (χ2v) is 5.69. The van der Waals surface area contributed by atoms with Gasteiger partial charge in [0.1, 0.15) is 0 Å². The molecule has 1 aliphatic heterocycles. The van der Waals surface area contributed by atoms with Crippen molar-refractivity contribution in [2.75, 3.05) is 0 Å². The number of thiophene rings is 1. The average molecular weight is 230 g/mol. The molecule has 82 valence electrons. The van der Waals surface area contributed by atoms with Crippen molar-refractivity contribution >= 4 is 23.2 Å². The Morgan fingerprint density at radius 3 is 2.33 bits per heavy atom. The zero-order chi connectivity index (χ0) is 15.5. The molecule has 4 heteroatoms. The first-order chi connectivity index (χ1) is 8.87. The fraction of sp³-hybridized carbons (Fsp3) is 0.636. The maximum Gasteiger partial charge on any atom is 0.505 e. The van der Waals surface area contributed by atoms with Crippen molar-refractivity contribution in [3.63, 3.8) is 0 Å². The summed E-state index contributed by atoms with van der Waals surface area (Å²) in [6.45, 7) is 5.15. The maximum absolute atomic E-state index is 7.93. The van der Waals surface area contributed by atoms with Crippen LogP contribution in [0.15, 0.2) is 12.1 Å². The Labute approximate surface area is 103 Å². The van der Waals surface area contributed by atoms with E-state index in [-0.39, 0.29) is 17.0 Å². The van der Waals surface area contributed by atoms with E-state index in [1.54, 1.807) is 0 Å². The van der Waals surface area contributed by atoms with Crippen LogP contribution < -0.4 is 4.78 Å². The van der Waals surface area contributed by atoms with Gasteiger partial charge >= 0.3 is 7.12 Å². The van der Waals surface area contributed by atoms with E-state index in [0.717, 1.165) is 11.3 Å². The number of aryl methyl sites for hydroxylation is 1. The summed E-state index contributed by atoms with van der Waals surface area (Å²) in [4.78, 5) is -0.0905. The predicted octanol–water partition coefficient (Wildman–Crippen LogP) is 2.36. The van der Waals surface area contributed by atoms with Gasteiger partial charge in [0.05, 0.1) is 13.9 Å². The van der Waals surface area contributed by atoms with Crippen LogP contribution in [0.25, 0.3) is 0 Å². The van der Waals surface area contributed by atoms with Gasteiger partial charge in [0, 0.05) is 13.8 Å². The largest absolute Gasteiger partial charge is 0.505 e. The molecule has 0 spiro atoms. The molecule has 1 aliphatic rings. The van der Waals surface area contributed by atoms with Crippen LogP contribution in [0.1, 0.15) is 39.4 Å². The summed E-state index contributed by atoms with van der Waals surface area (Å²) >= 11 is 0.904. The molecule has 0 aliphatic carbocycles. The summed E-state index contributed by atoms with van der Waals surface area (Å²) in [7, 11) is -0.794. The van der Waals surface area contributed by atoms with Gasteiger partial charge in [-0.3, -0.25) is 0 Å². The van der Waals surface area contributed by atoms with E-state index in [9.17, 15) is 0 Å². The molecule has 0 amide bonds. The van der Waals surface area contributed by atoms with Gasteiger partial charge in [-0.1, -0.05) is 6.04 Å². The normalized spacial score (nSPS) is 29.1. The zero-order valence-corrected chi connectivity index (χ0v) is 10.1. The van der Waals surface area contributed by atoms with Crippen molar-refractivity contribution in [3.8, 4) is 0 Å². The fourth-order valence-electron chi connectivity index (χ4n) is 1.34. The molecule has 2 heterocycles. The minimum absolute atomic E-state index is 0.0905. The smallest absolute Gasteiger partial charge is 0.399 e. The first-order valence-corrected chi connectivity index (χ1v) is 5.64. The van der Waals surface area contributed by atoms with Crippen LogP contribution in [-0.2, 0) is 9.31 Å². The van der Waals surface area contributed by atoms with E-state index in [4.69, 9.17) is 16.2 Å². The highest BCUT2D eigenvalue weighted by Crippen LogP contribution is 2.36. The van der Waals surface area contributed by atoms with Crippen molar-refractivity contribution in [2.24, 2.45) is 0 Å². The maximum atomic E-state index is 7.93. The van der Waals surface area contributed by atoms with Crippen LogP contribution in [0.5, 0.6) is 0 Å². The third kappa shape index (κ3) is 1.86. The van der Waals surface area contributed by atoms with Crippen LogP contribution in [-0.4, -0.2) is 18.3 Å². The van der Waals surface area contributed by atoms with Crippen LogP contribution >= 0.6 is 11.3 Å². The van der Waals surface area contributed by atoms with Crippen molar-refractivity contribution in [2.45, 2.75) is 45.7 Å². The lowest BCUT2D eigenvalue weighted by atomic mass is 9.88. The van der Waals surface area contributed by atoms with Gasteiger partial charge in [-0.25, -0.2) is 0 Å². The van der Waals surface area contributed by atoms with E-state index < -0.39 is 25.2 Å². The molecular formula is C11H17BO2S. The van der Waals surface area contributed by atoms with Gasteiger partial charge in [0.25, 0.3) is 0 Å². The summed E-state index contributed by atoms with van der Waals surface area (Å²) in [5.41, 5.74) is -1.12. The predicted molar refractivity (Wildman–Crippen MR) is 64.8 cm³/mol. The SMILES string of the molecule is [2H]c1c(B2OC(C)(C)C(C)(C)O2)sc([13C]([2H])([2H])[2H])c1[2H]. The van der Waals surface area contributed by atoms with Gasteiger partial charge in [-0.15, -0.1) is 11.3 Å². The Kier molecular flexibility index (Phi) is 1.43. The molecule has 0 radical (unpaired) electrons. The number of hydrogen-bond acceptors (Lipinski definition) is 3. The van der Waals surface area contributed by atoms with Gasteiger partial charge in [0.15, 0.2) is 0 Å². The molecular weight excluding hydrogens is 208 g/mol. The first kappa shape index (κ1) is 6.43. The molecule has 1 aromatic heterocycles. The number of rotatable bonds is 1. The second-order valence-electron chi connectivity index (χ2n) is 4.63. The van der Waals surface area contributed by atoms with Crippen LogP contribution in [0.4, 0.5) is 0 Å². The van der Waals surface area contributed by atoms with Crippen molar-refractivity contribution in [1.82, 2.24) is 0 Å². The quantitative estimate of drug-likeness (QED) is 0.544. The topological polar surface area (TPSA) is 18.5 Å². The third-order valence-corrected chi connectivity index (χ3v) is 3.80. The molecule has 1 aromatic rings. The Hall–Kier alpha value is -0.315. The summed E-state index contributed by atoms with van der Waals surface area (Å²) in [5, 5.41) is 0. The Morgan fingerprint density at radius 1 is 1.27 bits per heavy atom. The van der Waals surface area contributed by atoms with Gasteiger partial charge in [-0.05, 0) is 40.6 Å². The molecule has 0 saturated carbocycles. The Balaban J connectivity index is 2.42. The van der Waals surface area contributed by atoms with E-state index in [1.165, 1.54) is 0 Å². The minimum atomic E-state index is -2.39. The van der Waals surface area contributed by atoms with Gasteiger partial charge < -0.3 is 9.31 Å². The fourth-order valence-corrected chi connectivity index (χ4v) is 1.95. The van der Waals surface area contributed by atoms with E-state index in [0.29, 0.717) is 4.78 Å². The molecule has 0 atom stereocenters. The first-order valence-electron chi connectivity index (χ1n) is 7.33. The molecule has 0 N–H and O–H groups in total. The van der Waals surface area contributed by atoms with Crippen LogP contribution in [0, 0.1) is 6.85 Å². The highest BCUT2D eigenvalue weighted by Gasteiger charge is 2.52. The lowest BCUT2D eigenvalue weighted by Gasteiger charge is -2.32. The molecule has 1 fully saturated rings. The third-order valence-electron chi connectivity index (χ3n) is 2.98. The standard InChI is InChI=1S/C11H17BO2S/c1-8-6-7-9(15-8)12-13-10(2,3)11(4,5)14-12/h6-7H,1-5H3/i1+1D3,6D,7D. The lowest BCUT2D eigenvalue weighted by molar-refractivity contribution is 0.00578. The summed E-state index contributed by atoms with van der Waals surface area (Å²) in [6.07, 6.45) is 0. The lowest BCUT2D eigenvalue weighted by Crippen LogP contribution is -2.41. The highest BCUT2D eigenvalue weighted by molar-refractivity contribution is 7.22. The molecule has 0 unspecified atom stereocenters. The summed E-state index contributed by atoms with van der Waals surface area (Å²) in [6, 6.07) is -0.390. The van der Waals surface area contributed by atoms with E-state index >= 15 is 0 Å². The summed E-state index contributed by atoms with van der Waals surface area (Å²) < 4.78 is 49.9. The molecule has 0 aromatic carbocycles. The van der Waals surface area contributed by atoms with Crippen LogP contribution in [0.3, 0.4) is 0 Å². The molecule has 15 heavy (non-hydrogen) atoms. The molecule has 1 saturated heterocycles. The van der Waals surface area contributed by atoms with Crippen molar-refractivity contribution in [1.29, 1.82) is 0 Å². The monoisotopic (exact) mass is 230 g/mol. The van der Waals surface area contributed by atoms with Gasteiger partial charge in [-0.2, -0.15) is 0 Å². The zero-order valence-electron chi connectivity index (χ0n) is 14.3. The van der Waals surface area contributed by atoms with Crippen LogP contribution in [0.2, 0.25) is 0 Å². The Bertz CT molecular complexity index is 522. The summed E-state index contributed by atoms with van der Waals surface area (Å²) in [5.74, 6) is 0. The van der Waals surface area contributed by atoms with Gasteiger partial charge in [0.2, 0.25) is 0 Å². The second kappa shape index (κ2) is 3.34. The minimum Gasteiger partial charge on any atom is -0.399 e. The molecule has 0 bridgehead atoms. The van der Waals surface area contributed by atoms with Crippen molar-refractivity contribution in [3.05, 3.63) is 17.0 Å².